The molecule has 0 N–H and O–H groups in total. The number of benzene rings is 1. The highest BCUT2D eigenvalue weighted by molar-refractivity contribution is 5.97. The molecular weight excluding hydrogens is 234 g/mol. The molecule has 0 aliphatic carbocycles. The molecule has 0 atom stereocenters. The van der Waals surface area contributed by atoms with E-state index < -0.39 is 0 Å². The van der Waals surface area contributed by atoms with Crippen LogP contribution in [0, 0.1) is 6.92 Å². The summed E-state index contributed by atoms with van der Waals surface area (Å²) in [4.78, 5) is 24.3. The van der Waals surface area contributed by atoms with Gasteiger partial charge in [-0.3, -0.25) is 9.59 Å². The number of hydrogen-bond donors (Lipinski definition) is 0. The minimum absolute atomic E-state index is 0.0941. The Morgan fingerprint density at radius 2 is 2.28 bits per heavy atom. The van der Waals surface area contributed by atoms with E-state index in [4.69, 9.17) is 9.47 Å². The Kier molecular flexibility index (Phi) is 3.50. The Hall–Kier alpha value is -2.04. The van der Waals surface area contributed by atoms with E-state index in [0.29, 0.717) is 17.9 Å². The van der Waals surface area contributed by atoms with Gasteiger partial charge in [0, 0.05) is 6.92 Å². The van der Waals surface area contributed by atoms with Crippen molar-refractivity contribution in [1.82, 2.24) is 4.90 Å². The first kappa shape index (κ1) is 12.4. The summed E-state index contributed by atoms with van der Waals surface area (Å²) in [5, 5.41) is 0. The normalized spacial score (nSPS) is 13.9. The van der Waals surface area contributed by atoms with Gasteiger partial charge in [0.1, 0.15) is 12.4 Å². The van der Waals surface area contributed by atoms with Crippen LogP contribution < -0.4 is 4.74 Å². The van der Waals surface area contributed by atoms with Gasteiger partial charge in [-0.05, 0) is 24.6 Å². The maximum atomic E-state index is 12.1. The first-order valence-electron chi connectivity index (χ1n) is 5.74. The second kappa shape index (κ2) is 5.08. The van der Waals surface area contributed by atoms with Crippen LogP contribution in [0.15, 0.2) is 18.2 Å². The minimum Gasteiger partial charge on any atom is -0.472 e. The summed E-state index contributed by atoms with van der Waals surface area (Å²) in [7, 11) is 0. The Bertz CT molecular complexity index is 484. The van der Waals surface area contributed by atoms with Gasteiger partial charge in [0.05, 0.1) is 12.1 Å². The zero-order chi connectivity index (χ0) is 13.1. The number of fused-ring (bicyclic) bond motifs is 1. The molecule has 0 radical (unpaired) electrons. The lowest BCUT2D eigenvalue weighted by Gasteiger charge is -2.28. The van der Waals surface area contributed by atoms with Gasteiger partial charge in [0.2, 0.25) is 0 Å². The zero-order valence-corrected chi connectivity index (χ0v) is 10.4. The summed E-state index contributed by atoms with van der Waals surface area (Å²) in [6.45, 7) is 4.00. The van der Waals surface area contributed by atoms with Crippen LogP contribution in [0.25, 0.3) is 0 Å². The van der Waals surface area contributed by atoms with E-state index in [1.807, 2.05) is 19.1 Å². The third-order valence-electron chi connectivity index (χ3n) is 2.70. The average molecular weight is 249 g/mol. The van der Waals surface area contributed by atoms with E-state index in [1.54, 1.807) is 6.07 Å². The van der Waals surface area contributed by atoms with Crippen LogP contribution in [0.1, 0.15) is 22.8 Å². The number of esters is 1. The first-order valence-corrected chi connectivity index (χ1v) is 5.74. The Morgan fingerprint density at radius 1 is 1.50 bits per heavy atom. The summed E-state index contributed by atoms with van der Waals surface area (Å²) in [6, 6.07) is 5.47. The van der Waals surface area contributed by atoms with Crippen molar-refractivity contribution in [2.24, 2.45) is 0 Å². The van der Waals surface area contributed by atoms with Gasteiger partial charge in [-0.2, -0.15) is 0 Å². The molecule has 0 bridgehead atoms. The zero-order valence-electron chi connectivity index (χ0n) is 10.4. The maximum absolute atomic E-state index is 12.1. The fourth-order valence-corrected chi connectivity index (χ4v) is 1.77. The van der Waals surface area contributed by atoms with E-state index in [1.165, 1.54) is 11.8 Å². The molecule has 0 saturated carbocycles. The molecule has 0 spiro atoms. The number of rotatable bonds is 3. The summed E-state index contributed by atoms with van der Waals surface area (Å²) in [6.07, 6.45) is 0. The molecule has 5 heteroatoms. The summed E-state index contributed by atoms with van der Waals surface area (Å²) >= 11 is 0. The second-order valence-corrected chi connectivity index (χ2v) is 4.18. The Morgan fingerprint density at radius 3 is 3.00 bits per heavy atom. The molecule has 0 aromatic heterocycles. The van der Waals surface area contributed by atoms with E-state index in [9.17, 15) is 9.59 Å². The third kappa shape index (κ3) is 2.61. The van der Waals surface area contributed by atoms with Gasteiger partial charge in [-0.1, -0.05) is 6.07 Å². The van der Waals surface area contributed by atoms with Crippen LogP contribution in [0.5, 0.6) is 5.75 Å². The van der Waals surface area contributed by atoms with Crippen molar-refractivity contribution in [3.8, 4) is 5.75 Å². The summed E-state index contributed by atoms with van der Waals surface area (Å²) < 4.78 is 10.3. The molecule has 1 amide bonds. The predicted molar refractivity (Wildman–Crippen MR) is 64.3 cm³/mol. The topological polar surface area (TPSA) is 55.8 Å². The third-order valence-corrected chi connectivity index (χ3v) is 2.70. The Balaban J connectivity index is 2.04. The molecular formula is C13H15NO4. The average Bonchev–Trinajstić information content (AvgIpc) is 2.31. The van der Waals surface area contributed by atoms with Crippen LogP contribution in [0.2, 0.25) is 0 Å². The minimum atomic E-state index is -0.351. The highest BCUT2D eigenvalue weighted by Crippen LogP contribution is 2.25. The number of ether oxygens (including phenoxy) is 2. The molecule has 0 saturated heterocycles. The van der Waals surface area contributed by atoms with Gasteiger partial charge in [0.15, 0.2) is 6.73 Å². The van der Waals surface area contributed by atoms with Crippen LogP contribution >= 0.6 is 0 Å². The van der Waals surface area contributed by atoms with Crippen LogP contribution in [-0.4, -0.2) is 36.7 Å². The smallest absolute Gasteiger partial charge is 0.302 e. The first-order chi connectivity index (χ1) is 8.58. The van der Waals surface area contributed by atoms with Crippen LogP contribution in [0.4, 0.5) is 0 Å². The molecule has 1 aromatic carbocycles. The lowest BCUT2D eigenvalue weighted by molar-refractivity contribution is -0.141. The van der Waals surface area contributed by atoms with Gasteiger partial charge in [-0.25, -0.2) is 0 Å². The molecule has 2 rings (SSSR count). The highest BCUT2D eigenvalue weighted by Gasteiger charge is 2.25. The molecule has 5 nitrogen and oxygen atoms in total. The largest absolute Gasteiger partial charge is 0.472 e. The quantitative estimate of drug-likeness (QED) is 0.759. The van der Waals surface area contributed by atoms with Crippen molar-refractivity contribution in [3.63, 3.8) is 0 Å². The van der Waals surface area contributed by atoms with Gasteiger partial charge >= 0.3 is 5.97 Å². The molecule has 1 heterocycles. The second-order valence-electron chi connectivity index (χ2n) is 4.18. The maximum Gasteiger partial charge on any atom is 0.302 e. The number of nitrogens with zero attached hydrogens (tertiary/aromatic N) is 1. The molecule has 18 heavy (non-hydrogen) atoms. The summed E-state index contributed by atoms with van der Waals surface area (Å²) in [5.74, 6) is 0.170. The molecule has 0 fully saturated rings. The fraction of sp³-hybridized carbons (Fsp3) is 0.385. The number of hydrogen-bond acceptors (Lipinski definition) is 4. The van der Waals surface area contributed by atoms with Crippen LogP contribution in [-0.2, 0) is 9.53 Å². The number of aryl methyl sites for hydroxylation is 1. The van der Waals surface area contributed by atoms with Crippen molar-refractivity contribution in [2.45, 2.75) is 13.8 Å². The molecule has 1 aliphatic heterocycles. The summed E-state index contributed by atoms with van der Waals surface area (Å²) in [5.41, 5.74) is 1.60. The van der Waals surface area contributed by atoms with Gasteiger partial charge < -0.3 is 14.4 Å². The standard InChI is InChI=1S/C13H15NO4/c1-9-3-4-11-12(7-9)18-8-14(13(11)16)5-6-17-10(2)15/h3-4,7H,5-6,8H2,1-2H3. The molecule has 0 unspecified atom stereocenters. The van der Waals surface area contributed by atoms with Crippen molar-refractivity contribution >= 4 is 11.9 Å². The monoisotopic (exact) mass is 249 g/mol. The van der Waals surface area contributed by atoms with E-state index in [0.717, 1.165) is 5.56 Å². The van der Waals surface area contributed by atoms with Crippen LogP contribution in [0.3, 0.4) is 0 Å². The van der Waals surface area contributed by atoms with Crippen molar-refractivity contribution in [1.29, 1.82) is 0 Å². The van der Waals surface area contributed by atoms with Gasteiger partial charge in [0.25, 0.3) is 5.91 Å². The molecule has 1 aliphatic rings. The van der Waals surface area contributed by atoms with Crippen molar-refractivity contribution < 1.29 is 19.1 Å². The lowest BCUT2D eigenvalue weighted by Crippen LogP contribution is -2.40. The highest BCUT2D eigenvalue weighted by atomic mass is 16.5. The lowest BCUT2D eigenvalue weighted by atomic mass is 10.1. The predicted octanol–water partition coefficient (Wildman–Crippen LogP) is 1.35. The van der Waals surface area contributed by atoms with Crippen molar-refractivity contribution in [3.05, 3.63) is 29.3 Å². The number of carbonyl (C=O) groups excluding carboxylic acids is 2. The number of carbonyl (C=O) groups is 2. The van der Waals surface area contributed by atoms with E-state index >= 15 is 0 Å². The number of amides is 1. The van der Waals surface area contributed by atoms with Gasteiger partial charge in [-0.15, -0.1) is 0 Å². The Labute approximate surface area is 105 Å². The fourth-order valence-electron chi connectivity index (χ4n) is 1.77. The van der Waals surface area contributed by atoms with E-state index in [2.05, 4.69) is 0 Å². The molecule has 96 valence electrons. The molecule has 1 aromatic rings. The van der Waals surface area contributed by atoms with Crippen molar-refractivity contribution in [2.75, 3.05) is 19.9 Å². The SMILES string of the molecule is CC(=O)OCCN1COc2cc(C)ccc2C1=O. The van der Waals surface area contributed by atoms with E-state index in [-0.39, 0.29) is 25.2 Å².